The molecule has 2 N–H and O–H groups in total. The van der Waals surface area contributed by atoms with Crippen LogP contribution in [-0.4, -0.2) is 25.5 Å². The van der Waals surface area contributed by atoms with E-state index >= 15 is 0 Å². The van der Waals surface area contributed by atoms with E-state index in [-0.39, 0.29) is 30.4 Å². The lowest BCUT2D eigenvalue weighted by Gasteiger charge is -2.10. The van der Waals surface area contributed by atoms with Gasteiger partial charge >= 0.3 is 0 Å². The number of hydrogen-bond donors (Lipinski definition) is 2. The monoisotopic (exact) mass is 254 g/mol. The van der Waals surface area contributed by atoms with E-state index < -0.39 is 11.6 Å². The molecular formula is C13H16F2N2O. The number of rotatable bonds is 4. The van der Waals surface area contributed by atoms with Gasteiger partial charge in [0.1, 0.15) is 11.6 Å². The van der Waals surface area contributed by atoms with Gasteiger partial charge in [0, 0.05) is 18.7 Å². The molecule has 0 spiro atoms. The Kier molecular flexibility index (Phi) is 4.25. The van der Waals surface area contributed by atoms with Crippen LogP contribution in [0.25, 0.3) is 0 Å². The zero-order chi connectivity index (χ0) is 13.0. The third kappa shape index (κ3) is 3.04. The van der Waals surface area contributed by atoms with Gasteiger partial charge in [-0.15, -0.1) is 0 Å². The van der Waals surface area contributed by atoms with Gasteiger partial charge in [-0.2, -0.15) is 0 Å². The van der Waals surface area contributed by atoms with Crippen molar-refractivity contribution in [1.29, 1.82) is 0 Å². The van der Waals surface area contributed by atoms with E-state index in [0.717, 1.165) is 13.0 Å². The molecule has 18 heavy (non-hydrogen) atoms. The maximum atomic E-state index is 13.3. The predicted molar refractivity (Wildman–Crippen MR) is 64.0 cm³/mol. The number of benzene rings is 1. The van der Waals surface area contributed by atoms with Crippen LogP contribution in [-0.2, 0) is 11.2 Å². The van der Waals surface area contributed by atoms with E-state index in [2.05, 4.69) is 10.6 Å². The summed E-state index contributed by atoms with van der Waals surface area (Å²) in [6, 6.07) is 3.78. The van der Waals surface area contributed by atoms with Gasteiger partial charge in [0.25, 0.3) is 0 Å². The molecule has 5 heteroatoms. The van der Waals surface area contributed by atoms with Crippen LogP contribution in [0.3, 0.4) is 0 Å². The molecule has 1 amide bonds. The van der Waals surface area contributed by atoms with Crippen LogP contribution in [0.1, 0.15) is 12.0 Å². The second-order valence-corrected chi connectivity index (χ2v) is 4.43. The molecule has 1 atom stereocenters. The zero-order valence-electron chi connectivity index (χ0n) is 10.0. The van der Waals surface area contributed by atoms with Crippen LogP contribution in [0.4, 0.5) is 8.78 Å². The molecule has 1 heterocycles. The first kappa shape index (κ1) is 13.0. The van der Waals surface area contributed by atoms with Crippen molar-refractivity contribution in [1.82, 2.24) is 10.6 Å². The van der Waals surface area contributed by atoms with E-state index in [1.807, 2.05) is 0 Å². The molecule has 1 saturated heterocycles. The van der Waals surface area contributed by atoms with Crippen molar-refractivity contribution in [2.24, 2.45) is 5.92 Å². The van der Waals surface area contributed by atoms with Crippen molar-refractivity contribution in [3.05, 3.63) is 35.4 Å². The molecule has 1 unspecified atom stereocenters. The second kappa shape index (κ2) is 5.91. The van der Waals surface area contributed by atoms with Crippen molar-refractivity contribution in [3.63, 3.8) is 0 Å². The Morgan fingerprint density at radius 2 is 2.11 bits per heavy atom. The highest BCUT2D eigenvalue weighted by Crippen LogP contribution is 2.12. The van der Waals surface area contributed by atoms with Gasteiger partial charge in [-0.1, -0.05) is 6.07 Å². The number of carbonyl (C=O) groups excluding carboxylic acids is 1. The van der Waals surface area contributed by atoms with Crippen molar-refractivity contribution >= 4 is 5.91 Å². The van der Waals surface area contributed by atoms with Crippen LogP contribution in [0.5, 0.6) is 0 Å². The topological polar surface area (TPSA) is 41.1 Å². The molecule has 0 aromatic heterocycles. The molecule has 0 radical (unpaired) electrons. The van der Waals surface area contributed by atoms with Gasteiger partial charge in [-0.3, -0.25) is 4.79 Å². The normalized spacial score (nSPS) is 18.9. The average molecular weight is 254 g/mol. The molecule has 0 bridgehead atoms. The van der Waals surface area contributed by atoms with Crippen LogP contribution in [0, 0.1) is 17.6 Å². The summed E-state index contributed by atoms with van der Waals surface area (Å²) in [7, 11) is 0. The molecular weight excluding hydrogens is 238 g/mol. The molecule has 1 aromatic carbocycles. The Labute approximate surface area is 105 Å². The molecule has 1 aromatic rings. The third-order valence-corrected chi connectivity index (χ3v) is 3.17. The highest BCUT2D eigenvalue weighted by Gasteiger charge is 2.21. The number of hydrogen-bond acceptors (Lipinski definition) is 2. The fourth-order valence-electron chi connectivity index (χ4n) is 2.10. The quantitative estimate of drug-likeness (QED) is 0.848. The minimum atomic E-state index is -0.563. The predicted octanol–water partition coefficient (Wildman–Crippen LogP) is 1.23. The maximum absolute atomic E-state index is 13.3. The molecule has 3 nitrogen and oxygen atoms in total. The van der Waals surface area contributed by atoms with Crippen molar-refractivity contribution in [3.8, 4) is 0 Å². The summed E-state index contributed by atoms with van der Waals surface area (Å²) in [6.07, 6.45) is 0.990. The van der Waals surface area contributed by atoms with Gasteiger partial charge < -0.3 is 10.6 Å². The second-order valence-electron chi connectivity index (χ2n) is 4.43. The zero-order valence-corrected chi connectivity index (χ0v) is 10.0. The SMILES string of the molecule is O=C(NCCc1c(F)cccc1F)C1CCNC1. The first-order valence-corrected chi connectivity index (χ1v) is 6.10. The van der Waals surface area contributed by atoms with Crippen molar-refractivity contribution < 1.29 is 13.6 Å². The Balaban J connectivity index is 1.83. The Bertz CT molecular complexity index is 411. The molecule has 98 valence electrons. The Hall–Kier alpha value is -1.49. The minimum Gasteiger partial charge on any atom is -0.355 e. The number of nitrogens with one attached hydrogen (secondary N) is 2. The van der Waals surface area contributed by atoms with Crippen LogP contribution in [0.15, 0.2) is 18.2 Å². The van der Waals surface area contributed by atoms with Gasteiger partial charge in [0.15, 0.2) is 0 Å². The van der Waals surface area contributed by atoms with E-state index in [1.54, 1.807) is 0 Å². The summed E-state index contributed by atoms with van der Waals surface area (Å²) < 4.78 is 26.6. The maximum Gasteiger partial charge on any atom is 0.224 e. The standard InChI is InChI=1S/C13H16F2N2O/c14-11-2-1-3-12(15)10(11)5-7-17-13(18)9-4-6-16-8-9/h1-3,9,16H,4-8H2,(H,17,18). The van der Waals surface area contributed by atoms with E-state index in [0.29, 0.717) is 6.54 Å². The Morgan fingerprint density at radius 3 is 2.72 bits per heavy atom. The first-order valence-electron chi connectivity index (χ1n) is 6.10. The minimum absolute atomic E-state index is 0.0181. The smallest absolute Gasteiger partial charge is 0.224 e. The van der Waals surface area contributed by atoms with Crippen molar-refractivity contribution in [2.75, 3.05) is 19.6 Å². The van der Waals surface area contributed by atoms with Gasteiger partial charge in [-0.05, 0) is 31.5 Å². The summed E-state index contributed by atoms with van der Waals surface area (Å²) in [5, 5.41) is 5.81. The van der Waals surface area contributed by atoms with E-state index in [9.17, 15) is 13.6 Å². The molecule has 1 aliphatic rings. The summed E-state index contributed by atoms with van der Waals surface area (Å²) in [5.74, 6) is -1.19. The van der Waals surface area contributed by atoms with Gasteiger partial charge in [0.2, 0.25) is 5.91 Å². The van der Waals surface area contributed by atoms with Crippen LogP contribution >= 0.6 is 0 Å². The van der Waals surface area contributed by atoms with Gasteiger partial charge in [0.05, 0.1) is 5.92 Å². The van der Waals surface area contributed by atoms with Crippen LogP contribution < -0.4 is 10.6 Å². The Morgan fingerprint density at radius 1 is 1.39 bits per heavy atom. The number of amides is 1. The summed E-state index contributed by atoms with van der Waals surface area (Å²) in [5.41, 5.74) is 0.0300. The molecule has 1 fully saturated rings. The highest BCUT2D eigenvalue weighted by atomic mass is 19.1. The average Bonchev–Trinajstić information content (AvgIpc) is 2.86. The fourth-order valence-corrected chi connectivity index (χ4v) is 2.10. The molecule has 0 saturated carbocycles. The number of halogens is 2. The molecule has 0 aliphatic carbocycles. The highest BCUT2D eigenvalue weighted by molar-refractivity contribution is 5.79. The molecule has 1 aliphatic heterocycles. The lowest BCUT2D eigenvalue weighted by molar-refractivity contribution is -0.124. The summed E-state index contributed by atoms with van der Waals surface area (Å²) >= 11 is 0. The van der Waals surface area contributed by atoms with E-state index in [1.165, 1.54) is 18.2 Å². The van der Waals surface area contributed by atoms with Crippen molar-refractivity contribution in [2.45, 2.75) is 12.8 Å². The lowest BCUT2D eigenvalue weighted by Crippen LogP contribution is -2.33. The van der Waals surface area contributed by atoms with Crippen LogP contribution in [0.2, 0.25) is 0 Å². The third-order valence-electron chi connectivity index (χ3n) is 3.17. The lowest BCUT2D eigenvalue weighted by atomic mass is 10.1. The summed E-state index contributed by atoms with van der Waals surface area (Å²) in [4.78, 5) is 11.7. The largest absolute Gasteiger partial charge is 0.355 e. The molecule has 2 rings (SSSR count). The van der Waals surface area contributed by atoms with Gasteiger partial charge in [-0.25, -0.2) is 8.78 Å². The first-order chi connectivity index (χ1) is 8.68. The van der Waals surface area contributed by atoms with E-state index in [4.69, 9.17) is 0 Å². The summed E-state index contributed by atoms with van der Waals surface area (Å²) in [6.45, 7) is 1.78. The number of carbonyl (C=O) groups is 1. The fraction of sp³-hybridized carbons (Fsp3) is 0.462.